The van der Waals surface area contributed by atoms with Crippen molar-refractivity contribution in [2.45, 2.75) is 18.4 Å². The predicted octanol–water partition coefficient (Wildman–Crippen LogP) is -0.170. The van der Waals surface area contributed by atoms with E-state index in [2.05, 4.69) is 32.6 Å². The van der Waals surface area contributed by atoms with Gasteiger partial charge < -0.3 is 20.3 Å². The van der Waals surface area contributed by atoms with Crippen molar-refractivity contribution in [3.63, 3.8) is 0 Å². The lowest BCUT2D eigenvalue weighted by Crippen LogP contribution is -2.25. The van der Waals surface area contributed by atoms with Gasteiger partial charge in [0, 0.05) is 7.05 Å². The minimum absolute atomic E-state index is 0.299. The third kappa shape index (κ3) is 2.01. The number of hydrogen-bond donors (Lipinski definition) is 3. The Kier molecular flexibility index (Phi) is 3.44. The summed E-state index contributed by atoms with van der Waals surface area (Å²) in [5.74, 6) is 0.597. The van der Waals surface area contributed by atoms with Crippen LogP contribution in [-0.2, 0) is 4.74 Å². The molecule has 110 valence electrons. The van der Waals surface area contributed by atoms with E-state index < -0.39 is 18.4 Å². The predicted molar refractivity (Wildman–Crippen MR) is 74.5 cm³/mol. The van der Waals surface area contributed by atoms with E-state index >= 15 is 0 Å². The molecule has 0 aromatic carbocycles. The summed E-state index contributed by atoms with van der Waals surface area (Å²) in [6.45, 7) is 3.27. The van der Waals surface area contributed by atoms with Crippen LogP contribution in [0.3, 0.4) is 0 Å². The molecule has 0 bridgehead atoms. The lowest BCUT2D eigenvalue weighted by atomic mass is 10.1. The highest BCUT2D eigenvalue weighted by molar-refractivity contribution is 5.82. The smallest absolute Gasteiger partial charge is 0.169 e. The summed E-state index contributed by atoms with van der Waals surface area (Å²) in [6, 6.07) is 0. The van der Waals surface area contributed by atoms with Gasteiger partial charge in [-0.15, -0.1) is 5.73 Å². The lowest BCUT2D eigenvalue weighted by molar-refractivity contribution is -0.0422. The van der Waals surface area contributed by atoms with Crippen molar-refractivity contribution in [2.75, 3.05) is 19.0 Å². The van der Waals surface area contributed by atoms with Crippen molar-refractivity contribution in [1.82, 2.24) is 19.5 Å². The van der Waals surface area contributed by atoms with Crippen LogP contribution in [-0.4, -0.2) is 55.6 Å². The molecule has 3 heterocycles. The molecule has 3 atom stereocenters. The van der Waals surface area contributed by atoms with Gasteiger partial charge in [0.05, 0.1) is 18.5 Å². The van der Waals surface area contributed by atoms with Crippen LogP contribution in [0.25, 0.3) is 11.2 Å². The van der Waals surface area contributed by atoms with Crippen LogP contribution in [0.4, 0.5) is 5.82 Å². The number of ether oxygens (including phenoxy) is 1. The number of aromatic nitrogens is 4. The van der Waals surface area contributed by atoms with Gasteiger partial charge in [-0.2, -0.15) is 0 Å². The minimum atomic E-state index is -0.958. The first kappa shape index (κ1) is 13.7. The second-order valence-corrected chi connectivity index (χ2v) is 4.58. The number of aliphatic hydroxyl groups excluding tert-OH is 2. The monoisotopic (exact) mass is 289 g/mol. The number of fused-ring (bicyclic) bond motifs is 1. The van der Waals surface area contributed by atoms with Crippen molar-refractivity contribution in [3.8, 4) is 0 Å². The Morgan fingerprint density at radius 1 is 1.48 bits per heavy atom. The van der Waals surface area contributed by atoms with Gasteiger partial charge in [-0.3, -0.25) is 4.57 Å². The molecule has 3 rings (SSSR count). The number of hydrogen-bond acceptors (Lipinski definition) is 7. The fraction of sp³-hybridized carbons (Fsp3) is 0.385. The molecular formula is C13H15N5O3. The third-order valence-corrected chi connectivity index (χ3v) is 3.47. The van der Waals surface area contributed by atoms with Crippen molar-refractivity contribution >= 4 is 17.0 Å². The molecular weight excluding hydrogens is 274 g/mol. The fourth-order valence-electron chi connectivity index (χ4n) is 2.42. The summed E-state index contributed by atoms with van der Waals surface area (Å²) >= 11 is 0. The van der Waals surface area contributed by atoms with E-state index in [1.54, 1.807) is 17.9 Å². The molecule has 0 spiro atoms. The number of imidazole rings is 1. The summed E-state index contributed by atoms with van der Waals surface area (Å²) in [7, 11) is 1.74. The molecule has 8 heteroatoms. The van der Waals surface area contributed by atoms with Crippen molar-refractivity contribution < 1.29 is 14.9 Å². The molecule has 0 radical (unpaired) electrons. The molecule has 0 aliphatic carbocycles. The van der Waals surface area contributed by atoms with Crippen LogP contribution in [0, 0.1) is 0 Å². The number of nitrogens with zero attached hydrogens (tertiary/aromatic N) is 4. The molecule has 3 N–H and O–H groups in total. The highest BCUT2D eigenvalue weighted by Gasteiger charge is 2.40. The number of rotatable bonds is 3. The van der Waals surface area contributed by atoms with Gasteiger partial charge in [-0.1, -0.05) is 6.58 Å². The highest BCUT2D eigenvalue weighted by Crippen LogP contribution is 2.35. The zero-order valence-electron chi connectivity index (χ0n) is 11.4. The Morgan fingerprint density at radius 2 is 2.29 bits per heavy atom. The summed E-state index contributed by atoms with van der Waals surface area (Å²) in [6.07, 6.45) is 0.634. The molecule has 8 nitrogen and oxygen atoms in total. The molecule has 1 aliphatic rings. The maximum Gasteiger partial charge on any atom is 0.169 e. The molecule has 0 amide bonds. The topological polar surface area (TPSA) is 105 Å². The number of anilines is 1. The average molecular weight is 289 g/mol. The normalized spacial score (nSPS) is 25.3. The Labute approximate surface area is 120 Å². The van der Waals surface area contributed by atoms with Crippen LogP contribution in [0.15, 0.2) is 30.5 Å². The Morgan fingerprint density at radius 3 is 2.95 bits per heavy atom. The van der Waals surface area contributed by atoms with E-state index in [9.17, 15) is 10.2 Å². The fourth-order valence-corrected chi connectivity index (χ4v) is 2.42. The van der Waals surface area contributed by atoms with Gasteiger partial charge >= 0.3 is 0 Å². The molecule has 1 aliphatic heterocycles. The quantitative estimate of drug-likeness (QED) is 0.674. The van der Waals surface area contributed by atoms with Gasteiger partial charge in [-0.05, 0) is 0 Å². The Balaban J connectivity index is 2.11. The summed E-state index contributed by atoms with van der Waals surface area (Å²) < 4.78 is 7.31. The van der Waals surface area contributed by atoms with E-state index in [0.717, 1.165) is 0 Å². The second kappa shape index (κ2) is 5.27. The first-order valence-electron chi connectivity index (χ1n) is 6.40. The van der Waals surface area contributed by atoms with E-state index in [1.165, 1.54) is 6.33 Å². The standard InChI is InChI=1S/C13H15N5O3/c1-3-7-10(20)8(4-19)21-13(7)18-6-17-9-11(14-2)15-5-16-12(9)18/h5-6,8,10,13,19-20H,1,4H2,2H3,(H,14,15,16)/t8-,10?,13-/m1/s1. The van der Waals surface area contributed by atoms with E-state index in [0.29, 0.717) is 22.6 Å². The van der Waals surface area contributed by atoms with Gasteiger partial charge in [0.2, 0.25) is 0 Å². The highest BCUT2D eigenvalue weighted by atomic mass is 16.5. The summed E-state index contributed by atoms with van der Waals surface area (Å²) in [5.41, 5.74) is 4.27. The molecule has 2 aromatic rings. The minimum Gasteiger partial charge on any atom is -0.394 e. The van der Waals surface area contributed by atoms with Gasteiger partial charge in [0.1, 0.15) is 18.5 Å². The van der Waals surface area contributed by atoms with Crippen LogP contribution in [0.5, 0.6) is 0 Å². The molecule has 21 heavy (non-hydrogen) atoms. The van der Waals surface area contributed by atoms with Crippen molar-refractivity contribution in [3.05, 3.63) is 30.5 Å². The maximum absolute atomic E-state index is 10.1. The van der Waals surface area contributed by atoms with Crippen LogP contribution < -0.4 is 5.32 Å². The average Bonchev–Trinajstić information content (AvgIpc) is 3.07. The van der Waals surface area contributed by atoms with Crippen molar-refractivity contribution in [1.29, 1.82) is 0 Å². The SMILES string of the molecule is C=C=C1C(O)[C@@H](CO)O[C@H]1n1cnc2c(NC)ncnc21. The third-order valence-electron chi connectivity index (χ3n) is 3.47. The summed E-state index contributed by atoms with van der Waals surface area (Å²) in [5, 5.41) is 22.3. The molecule has 1 unspecified atom stereocenters. The molecule has 1 fully saturated rings. The second-order valence-electron chi connectivity index (χ2n) is 4.58. The number of aliphatic hydroxyl groups is 2. The molecule has 0 saturated carbocycles. The number of nitrogens with one attached hydrogen (secondary N) is 1. The lowest BCUT2D eigenvalue weighted by Gasteiger charge is -2.13. The Bertz CT molecular complexity index is 722. The summed E-state index contributed by atoms with van der Waals surface area (Å²) in [4.78, 5) is 12.6. The zero-order valence-corrected chi connectivity index (χ0v) is 11.4. The van der Waals surface area contributed by atoms with E-state index in [4.69, 9.17) is 4.74 Å². The van der Waals surface area contributed by atoms with Crippen LogP contribution in [0.1, 0.15) is 6.23 Å². The largest absolute Gasteiger partial charge is 0.394 e. The maximum atomic E-state index is 10.1. The first-order valence-corrected chi connectivity index (χ1v) is 6.40. The van der Waals surface area contributed by atoms with Crippen LogP contribution >= 0.6 is 0 Å². The Hall–Kier alpha value is -2.25. The van der Waals surface area contributed by atoms with Crippen molar-refractivity contribution in [2.24, 2.45) is 0 Å². The van der Waals surface area contributed by atoms with Gasteiger partial charge in [0.15, 0.2) is 23.2 Å². The van der Waals surface area contributed by atoms with E-state index in [-0.39, 0.29) is 6.61 Å². The molecule has 2 aromatic heterocycles. The van der Waals surface area contributed by atoms with Gasteiger partial charge in [0.25, 0.3) is 0 Å². The van der Waals surface area contributed by atoms with Crippen LogP contribution in [0.2, 0.25) is 0 Å². The van der Waals surface area contributed by atoms with Gasteiger partial charge in [-0.25, -0.2) is 15.0 Å². The first-order chi connectivity index (χ1) is 10.2. The molecule has 1 saturated heterocycles. The van der Waals surface area contributed by atoms with E-state index in [1.807, 2.05) is 0 Å². The zero-order chi connectivity index (χ0) is 15.0.